The van der Waals surface area contributed by atoms with Crippen LogP contribution in [0.5, 0.6) is 5.75 Å². The fourth-order valence-corrected chi connectivity index (χ4v) is 3.56. The number of amides is 1. The predicted octanol–water partition coefficient (Wildman–Crippen LogP) is 4.73. The highest BCUT2D eigenvalue weighted by molar-refractivity contribution is 14.0. The molecule has 2 aromatic rings. The van der Waals surface area contributed by atoms with Crippen molar-refractivity contribution >= 4 is 41.5 Å². The lowest BCUT2D eigenvalue weighted by Gasteiger charge is -2.15. The summed E-state index contributed by atoms with van der Waals surface area (Å²) in [6, 6.07) is 11.9. The molecule has 3 N–H and O–H groups in total. The number of rotatable bonds is 10. The van der Waals surface area contributed by atoms with Gasteiger partial charge in [-0.1, -0.05) is 12.8 Å². The highest BCUT2D eigenvalue weighted by Crippen LogP contribution is 2.18. The molecule has 1 aromatic heterocycles. The first-order valence-electron chi connectivity index (χ1n) is 11.2. The molecule has 0 spiro atoms. The summed E-state index contributed by atoms with van der Waals surface area (Å²) < 4.78 is 11.1. The number of furan rings is 1. The Morgan fingerprint density at radius 2 is 1.94 bits per heavy atom. The lowest BCUT2D eigenvalue weighted by atomic mass is 10.2. The van der Waals surface area contributed by atoms with Gasteiger partial charge in [0.25, 0.3) is 0 Å². The fraction of sp³-hybridized carbons (Fsp3) is 0.500. The first-order valence-corrected chi connectivity index (χ1v) is 11.2. The van der Waals surface area contributed by atoms with E-state index >= 15 is 0 Å². The molecule has 3 rings (SSSR count). The minimum Gasteiger partial charge on any atom is -0.491 e. The smallest absolute Gasteiger partial charge is 0.221 e. The second kappa shape index (κ2) is 14.0. The monoisotopic (exact) mass is 554 g/mol. The first-order chi connectivity index (χ1) is 15.1. The summed E-state index contributed by atoms with van der Waals surface area (Å²) in [5.41, 5.74) is 0.899. The Labute approximate surface area is 207 Å². The fourth-order valence-electron chi connectivity index (χ4n) is 3.56. The maximum Gasteiger partial charge on any atom is 0.221 e. The van der Waals surface area contributed by atoms with Gasteiger partial charge in [0, 0.05) is 37.7 Å². The second-order valence-electron chi connectivity index (χ2n) is 8.10. The van der Waals surface area contributed by atoms with Gasteiger partial charge in [-0.3, -0.25) is 9.79 Å². The number of aliphatic imine (C=N–C) groups is 1. The minimum absolute atomic E-state index is 0. The quantitative estimate of drug-likeness (QED) is 0.225. The van der Waals surface area contributed by atoms with Crippen molar-refractivity contribution in [2.45, 2.75) is 64.5 Å². The Bertz CT molecular complexity index is 816. The molecule has 7 nitrogen and oxygen atoms in total. The number of guanidine groups is 1. The lowest BCUT2D eigenvalue weighted by Crippen LogP contribution is -2.37. The zero-order chi connectivity index (χ0) is 21.9. The summed E-state index contributed by atoms with van der Waals surface area (Å²) in [5.74, 6) is 2.45. The van der Waals surface area contributed by atoms with Crippen molar-refractivity contribution in [1.29, 1.82) is 0 Å². The molecule has 32 heavy (non-hydrogen) atoms. The number of nitrogens with one attached hydrogen (secondary N) is 3. The zero-order valence-electron chi connectivity index (χ0n) is 18.9. The third-order valence-corrected chi connectivity index (χ3v) is 5.06. The molecule has 1 amide bonds. The summed E-state index contributed by atoms with van der Waals surface area (Å²) >= 11 is 0. The van der Waals surface area contributed by atoms with Crippen molar-refractivity contribution in [2.24, 2.45) is 4.99 Å². The van der Waals surface area contributed by atoms with Crippen LogP contribution in [0.2, 0.25) is 0 Å². The number of hydrogen-bond acceptors (Lipinski definition) is 4. The van der Waals surface area contributed by atoms with E-state index in [2.05, 4.69) is 20.9 Å². The Morgan fingerprint density at radius 1 is 1.19 bits per heavy atom. The van der Waals surface area contributed by atoms with Crippen LogP contribution in [0.3, 0.4) is 0 Å². The number of benzene rings is 1. The number of halogens is 1. The summed E-state index contributed by atoms with van der Waals surface area (Å²) in [4.78, 5) is 16.8. The van der Waals surface area contributed by atoms with Crippen molar-refractivity contribution in [2.75, 3.05) is 18.4 Å². The van der Waals surface area contributed by atoms with E-state index in [0.29, 0.717) is 37.9 Å². The molecule has 1 aromatic carbocycles. The van der Waals surface area contributed by atoms with Crippen LogP contribution in [0.25, 0.3) is 0 Å². The molecule has 1 aliphatic rings. The van der Waals surface area contributed by atoms with E-state index in [9.17, 15) is 4.79 Å². The van der Waals surface area contributed by atoms with Gasteiger partial charge < -0.3 is 25.1 Å². The second-order valence-corrected chi connectivity index (χ2v) is 8.10. The standard InChI is InChI=1S/C24H34N4O3.HI/c1-18(2)31-22-11-9-20(10-12-22)28-24(25-15-13-21-8-5-17-30-21)26-16-14-23(29)27-19-6-3-4-7-19;/h5,8-12,17-19H,3-4,6-7,13-16H2,1-2H3,(H,27,29)(H2,25,26,28);1H. The van der Waals surface area contributed by atoms with Gasteiger partial charge in [-0.15, -0.1) is 24.0 Å². The molecule has 8 heteroatoms. The van der Waals surface area contributed by atoms with Crippen molar-refractivity contribution < 1.29 is 13.9 Å². The Hall–Kier alpha value is -2.23. The van der Waals surface area contributed by atoms with E-state index in [-0.39, 0.29) is 36.0 Å². The van der Waals surface area contributed by atoms with Crippen LogP contribution < -0.4 is 20.7 Å². The average Bonchev–Trinajstić information content (AvgIpc) is 3.43. The lowest BCUT2D eigenvalue weighted by molar-refractivity contribution is -0.121. The minimum atomic E-state index is 0. The maximum atomic E-state index is 12.2. The van der Waals surface area contributed by atoms with Crippen LogP contribution >= 0.6 is 24.0 Å². The van der Waals surface area contributed by atoms with E-state index in [1.165, 1.54) is 12.8 Å². The van der Waals surface area contributed by atoms with E-state index in [4.69, 9.17) is 9.15 Å². The van der Waals surface area contributed by atoms with Crippen molar-refractivity contribution in [3.63, 3.8) is 0 Å². The van der Waals surface area contributed by atoms with Crippen LogP contribution in [-0.4, -0.2) is 37.1 Å². The highest BCUT2D eigenvalue weighted by Gasteiger charge is 2.16. The Morgan fingerprint density at radius 3 is 2.59 bits per heavy atom. The highest BCUT2D eigenvalue weighted by atomic mass is 127. The Kier molecular flexibility index (Phi) is 11.4. The van der Waals surface area contributed by atoms with E-state index in [1.54, 1.807) is 6.26 Å². The molecule has 0 saturated heterocycles. The number of nitrogens with zero attached hydrogens (tertiary/aromatic N) is 1. The van der Waals surface area contributed by atoms with Gasteiger partial charge in [0.15, 0.2) is 5.96 Å². The molecule has 1 fully saturated rings. The number of hydrogen-bond donors (Lipinski definition) is 3. The molecule has 1 heterocycles. The molecule has 0 aliphatic heterocycles. The van der Waals surface area contributed by atoms with E-state index in [0.717, 1.165) is 30.0 Å². The first kappa shape index (κ1) is 26.0. The summed E-state index contributed by atoms with van der Waals surface area (Å²) in [6.45, 7) is 5.09. The van der Waals surface area contributed by atoms with Gasteiger partial charge in [-0.25, -0.2) is 0 Å². The Balaban J connectivity index is 0.00000363. The third-order valence-electron chi connectivity index (χ3n) is 5.06. The van der Waals surface area contributed by atoms with Crippen LogP contribution in [0, 0.1) is 0 Å². The van der Waals surface area contributed by atoms with Crippen LogP contribution in [0.1, 0.15) is 51.7 Å². The summed E-state index contributed by atoms with van der Waals surface area (Å²) in [7, 11) is 0. The van der Waals surface area contributed by atoms with Gasteiger partial charge in [0.1, 0.15) is 11.5 Å². The number of ether oxygens (including phenoxy) is 1. The van der Waals surface area contributed by atoms with E-state index < -0.39 is 0 Å². The largest absolute Gasteiger partial charge is 0.491 e. The van der Waals surface area contributed by atoms with Crippen molar-refractivity contribution in [1.82, 2.24) is 10.6 Å². The normalized spacial score (nSPS) is 14.2. The molecule has 0 unspecified atom stereocenters. The molecular weight excluding hydrogens is 519 g/mol. The van der Waals surface area contributed by atoms with Gasteiger partial charge in [-0.05, 0) is 63.1 Å². The SMILES string of the molecule is CC(C)Oc1ccc(NC(=NCCc2ccco2)NCCC(=O)NC2CCCC2)cc1.I. The predicted molar refractivity (Wildman–Crippen MR) is 139 cm³/mol. The maximum absolute atomic E-state index is 12.2. The molecule has 0 atom stereocenters. The number of carbonyl (C=O) groups is 1. The zero-order valence-corrected chi connectivity index (χ0v) is 21.3. The summed E-state index contributed by atoms with van der Waals surface area (Å²) in [5, 5.41) is 9.69. The van der Waals surface area contributed by atoms with Gasteiger partial charge in [0.2, 0.25) is 5.91 Å². The van der Waals surface area contributed by atoms with Crippen LogP contribution in [0.15, 0.2) is 52.1 Å². The molecule has 1 aliphatic carbocycles. The van der Waals surface area contributed by atoms with Crippen molar-refractivity contribution in [3.8, 4) is 5.75 Å². The topological polar surface area (TPSA) is 87.9 Å². The molecule has 1 saturated carbocycles. The van der Waals surface area contributed by atoms with Gasteiger partial charge in [-0.2, -0.15) is 0 Å². The van der Waals surface area contributed by atoms with Crippen LogP contribution in [0.4, 0.5) is 5.69 Å². The van der Waals surface area contributed by atoms with Gasteiger partial charge in [0.05, 0.1) is 12.4 Å². The van der Waals surface area contributed by atoms with Crippen molar-refractivity contribution in [3.05, 3.63) is 48.4 Å². The number of carbonyl (C=O) groups excluding carboxylic acids is 1. The molecule has 176 valence electrons. The number of anilines is 1. The molecule has 0 bridgehead atoms. The van der Waals surface area contributed by atoms with Gasteiger partial charge >= 0.3 is 0 Å². The average molecular weight is 554 g/mol. The van der Waals surface area contributed by atoms with E-state index in [1.807, 2.05) is 50.2 Å². The molecular formula is C24H35IN4O3. The third kappa shape index (κ3) is 9.50. The van der Waals surface area contributed by atoms with Crippen LogP contribution in [-0.2, 0) is 11.2 Å². The summed E-state index contributed by atoms with van der Waals surface area (Å²) in [6.07, 6.45) is 7.53. The molecule has 0 radical (unpaired) electrons.